The Morgan fingerprint density at radius 3 is 2.44 bits per heavy atom. The van der Waals surface area contributed by atoms with Gasteiger partial charge < -0.3 is 15.1 Å². The van der Waals surface area contributed by atoms with Gasteiger partial charge in [0, 0.05) is 0 Å². The van der Waals surface area contributed by atoms with Gasteiger partial charge in [-0.25, -0.2) is 5.06 Å². The van der Waals surface area contributed by atoms with Crippen molar-refractivity contribution >= 4 is 25.8 Å². The second-order valence-corrected chi connectivity index (χ2v) is 15.9. The highest BCUT2D eigenvalue weighted by atomic mass is 28.4. The summed E-state index contributed by atoms with van der Waals surface area (Å²) in [5, 5.41) is 12.3. The Morgan fingerprint density at radius 1 is 1.31 bits per heavy atom. The maximum Gasteiger partial charge on any atom is 0.252 e. The molecule has 2 aliphatic heterocycles. The molecule has 0 bridgehead atoms. The summed E-state index contributed by atoms with van der Waals surface area (Å²) in [6.45, 7) is 18.5. The summed E-state index contributed by atoms with van der Waals surface area (Å²) in [7, 11) is -2.32. The Labute approximate surface area is 192 Å². The normalized spacial score (nSPS) is 26.1. The summed E-state index contributed by atoms with van der Waals surface area (Å²) in [4.78, 5) is 27.1. The number of anilines is 1. The predicted molar refractivity (Wildman–Crippen MR) is 128 cm³/mol. The van der Waals surface area contributed by atoms with Crippen molar-refractivity contribution in [3.05, 3.63) is 42.5 Å². The fourth-order valence-corrected chi connectivity index (χ4v) is 6.16. The molecule has 0 spiro atoms. The number of primary amides is 1. The number of likely N-dealkylation sites (tertiary alicyclic amines) is 1. The monoisotopic (exact) mass is 459 g/mol. The van der Waals surface area contributed by atoms with Crippen LogP contribution in [0.2, 0.25) is 18.1 Å². The summed E-state index contributed by atoms with van der Waals surface area (Å²) >= 11 is 0. The van der Waals surface area contributed by atoms with Crippen LogP contribution in [0.25, 0.3) is 0 Å². The molecule has 32 heavy (non-hydrogen) atoms. The summed E-state index contributed by atoms with van der Waals surface area (Å²) in [6, 6.07) is 7.57. The first-order valence-electron chi connectivity index (χ1n) is 11.1. The first-order chi connectivity index (χ1) is 14.6. The Kier molecular flexibility index (Phi) is 5.90. The largest absolute Gasteiger partial charge is 0.405 e. The molecule has 3 N–H and O–H groups in total. The zero-order valence-corrected chi connectivity index (χ0v) is 21.3. The number of para-hydroxylation sites is 1. The summed E-state index contributed by atoms with van der Waals surface area (Å²) in [5.41, 5.74) is 5.78. The third-order valence-electron chi connectivity index (χ3n) is 7.89. The molecule has 2 amide bonds. The number of benzene rings is 1. The van der Waals surface area contributed by atoms with E-state index in [2.05, 4.69) is 40.4 Å². The molecule has 8 heteroatoms. The number of amides is 2. The number of nitrogens with two attached hydrogens (primary N) is 1. The zero-order chi connectivity index (χ0) is 24.3. The Balaban J connectivity index is 2.25. The van der Waals surface area contributed by atoms with Gasteiger partial charge in [-0.1, -0.05) is 58.9 Å². The van der Waals surface area contributed by atoms with E-state index in [0.717, 1.165) is 10.6 Å². The lowest BCUT2D eigenvalue weighted by molar-refractivity contribution is -0.159. The number of fused-ring (bicyclic) bond motifs is 3. The van der Waals surface area contributed by atoms with Gasteiger partial charge >= 0.3 is 0 Å². The van der Waals surface area contributed by atoms with Crippen LogP contribution in [-0.2, 0) is 19.4 Å². The van der Waals surface area contributed by atoms with Crippen molar-refractivity contribution in [1.82, 2.24) is 4.90 Å². The van der Waals surface area contributed by atoms with E-state index in [4.69, 9.17) is 10.2 Å². The lowest BCUT2D eigenvalue weighted by Crippen LogP contribution is -2.70. The van der Waals surface area contributed by atoms with Crippen LogP contribution >= 0.6 is 0 Å². The molecule has 3 atom stereocenters. The standard InChI is InChI=1S/C24H37N3O4Si/c1-9-23(5,6)24-14-18(31-32(7,8)22(2,3)4)20(29)26(15-19(25)28)21(24)27(30)17-13-11-10-12-16(17)24/h9-13,18,21,30H,1,14-15H2,2-8H3,(H2,25,28)/t18-,21-,24-/m1/s1. The van der Waals surface area contributed by atoms with Gasteiger partial charge in [0.1, 0.15) is 18.8 Å². The number of hydrogen-bond donors (Lipinski definition) is 2. The number of hydrogen-bond acceptors (Lipinski definition) is 5. The van der Waals surface area contributed by atoms with E-state index in [1.165, 1.54) is 4.90 Å². The van der Waals surface area contributed by atoms with Crippen molar-refractivity contribution in [1.29, 1.82) is 0 Å². The third-order valence-corrected chi connectivity index (χ3v) is 12.4. The molecule has 0 aromatic heterocycles. The predicted octanol–water partition coefficient (Wildman–Crippen LogP) is 3.78. The molecule has 3 rings (SSSR count). The van der Waals surface area contributed by atoms with E-state index in [9.17, 15) is 14.8 Å². The molecule has 0 saturated carbocycles. The number of allylic oxidation sites excluding steroid dienone is 1. The maximum atomic E-state index is 13.7. The highest BCUT2D eigenvalue weighted by Gasteiger charge is 2.66. The molecule has 1 aromatic rings. The van der Waals surface area contributed by atoms with E-state index >= 15 is 0 Å². The first kappa shape index (κ1) is 24.5. The summed E-state index contributed by atoms with van der Waals surface area (Å²) < 4.78 is 6.65. The van der Waals surface area contributed by atoms with Gasteiger partial charge in [-0.15, -0.1) is 6.58 Å². The lowest BCUT2D eigenvalue weighted by atomic mass is 9.57. The van der Waals surface area contributed by atoms with Crippen molar-refractivity contribution in [3.8, 4) is 0 Å². The molecule has 2 aliphatic rings. The summed E-state index contributed by atoms with van der Waals surface area (Å²) in [5.74, 6) is -0.957. The van der Waals surface area contributed by atoms with Crippen LogP contribution in [0.1, 0.15) is 46.6 Å². The van der Waals surface area contributed by atoms with Crippen LogP contribution in [0, 0.1) is 5.41 Å². The van der Waals surface area contributed by atoms with Gasteiger partial charge in [0.2, 0.25) is 5.91 Å². The fourth-order valence-electron chi connectivity index (χ4n) is 4.91. The van der Waals surface area contributed by atoms with Crippen LogP contribution < -0.4 is 10.8 Å². The van der Waals surface area contributed by atoms with Gasteiger partial charge in [0.25, 0.3) is 5.91 Å². The van der Waals surface area contributed by atoms with Crippen LogP contribution in [0.4, 0.5) is 5.69 Å². The molecule has 1 fully saturated rings. The van der Waals surface area contributed by atoms with Crippen molar-refractivity contribution in [3.63, 3.8) is 0 Å². The number of carbonyl (C=O) groups is 2. The molecular formula is C24H37N3O4Si. The van der Waals surface area contributed by atoms with Crippen molar-refractivity contribution < 1.29 is 19.2 Å². The van der Waals surface area contributed by atoms with Gasteiger partial charge in [0.15, 0.2) is 8.32 Å². The Morgan fingerprint density at radius 2 is 1.91 bits per heavy atom. The lowest BCUT2D eigenvalue weighted by Gasteiger charge is -2.56. The Hall–Kier alpha value is -2.16. The minimum absolute atomic E-state index is 0.101. The average Bonchev–Trinajstić information content (AvgIpc) is 2.94. The van der Waals surface area contributed by atoms with Gasteiger partial charge in [-0.2, -0.15) is 0 Å². The minimum atomic E-state index is -2.32. The number of rotatable bonds is 6. The van der Waals surface area contributed by atoms with Crippen molar-refractivity contribution in [2.45, 2.75) is 76.9 Å². The smallest absolute Gasteiger partial charge is 0.252 e. The number of hydroxylamine groups is 1. The minimum Gasteiger partial charge on any atom is -0.405 e. The Bertz CT molecular complexity index is 939. The molecule has 7 nitrogen and oxygen atoms in total. The van der Waals surface area contributed by atoms with Crippen LogP contribution in [0.3, 0.4) is 0 Å². The molecule has 176 valence electrons. The molecular weight excluding hydrogens is 422 g/mol. The average molecular weight is 460 g/mol. The van der Waals surface area contributed by atoms with Crippen LogP contribution in [-0.4, -0.2) is 49.1 Å². The fraction of sp³-hybridized carbons (Fsp3) is 0.583. The first-order valence-corrected chi connectivity index (χ1v) is 14.0. The highest BCUT2D eigenvalue weighted by Crippen LogP contribution is 2.60. The molecule has 0 unspecified atom stereocenters. The molecule has 2 heterocycles. The molecule has 1 saturated heterocycles. The molecule has 0 aliphatic carbocycles. The van der Waals surface area contributed by atoms with Crippen molar-refractivity contribution in [2.24, 2.45) is 11.1 Å². The zero-order valence-electron chi connectivity index (χ0n) is 20.3. The van der Waals surface area contributed by atoms with Gasteiger partial charge in [0.05, 0.1) is 11.1 Å². The number of nitrogens with zero attached hydrogens (tertiary/aromatic N) is 2. The van der Waals surface area contributed by atoms with Gasteiger partial charge in [-0.3, -0.25) is 14.8 Å². The van der Waals surface area contributed by atoms with E-state index in [1.54, 1.807) is 0 Å². The second kappa shape index (κ2) is 7.71. The maximum absolute atomic E-state index is 13.7. The van der Waals surface area contributed by atoms with E-state index in [-0.39, 0.29) is 17.5 Å². The third kappa shape index (κ3) is 3.49. The van der Waals surface area contributed by atoms with Gasteiger partial charge in [-0.05, 0) is 41.6 Å². The summed E-state index contributed by atoms with van der Waals surface area (Å²) in [6.07, 6.45) is 0.667. The number of carbonyl (C=O) groups excluding carboxylic acids is 2. The van der Waals surface area contributed by atoms with Crippen LogP contribution in [0.5, 0.6) is 0 Å². The van der Waals surface area contributed by atoms with Crippen molar-refractivity contribution in [2.75, 3.05) is 11.6 Å². The van der Waals surface area contributed by atoms with E-state index in [1.807, 2.05) is 44.2 Å². The quantitative estimate of drug-likeness (QED) is 0.498. The topological polar surface area (TPSA) is 96.1 Å². The van der Waals surface area contributed by atoms with Crippen LogP contribution in [0.15, 0.2) is 36.9 Å². The number of piperidine rings is 1. The van der Waals surface area contributed by atoms with E-state index < -0.39 is 37.3 Å². The second-order valence-electron chi connectivity index (χ2n) is 11.1. The molecule has 1 aromatic carbocycles. The van der Waals surface area contributed by atoms with E-state index in [0.29, 0.717) is 12.1 Å². The molecule has 0 radical (unpaired) electrons. The highest BCUT2D eigenvalue weighted by molar-refractivity contribution is 6.74. The SMILES string of the molecule is C=CC(C)(C)[C@@]12C[C@@H](O[Si](C)(C)C(C)(C)C)C(=O)N(CC(N)=O)[C@@H]1N(O)c1ccccc12.